The Bertz CT molecular complexity index is 678. The first-order valence-corrected chi connectivity index (χ1v) is 7.99. The van der Waals surface area contributed by atoms with E-state index in [4.69, 9.17) is 5.73 Å². The molecule has 23 heavy (non-hydrogen) atoms. The van der Waals surface area contributed by atoms with Crippen LogP contribution in [0.5, 0.6) is 5.75 Å². The third-order valence-electron chi connectivity index (χ3n) is 4.17. The minimum Gasteiger partial charge on any atom is -0.508 e. The fourth-order valence-electron chi connectivity index (χ4n) is 2.80. The molecule has 1 amide bonds. The Morgan fingerprint density at radius 3 is 2.39 bits per heavy atom. The van der Waals surface area contributed by atoms with E-state index in [0.717, 1.165) is 36.7 Å². The number of amides is 1. The lowest BCUT2D eigenvalue weighted by atomic mass is 10.1. The second-order valence-electron chi connectivity index (χ2n) is 6.34. The van der Waals surface area contributed by atoms with Gasteiger partial charge >= 0.3 is 0 Å². The van der Waals surface area contributed by atoms with Gasteiger partial charge in [0.25, 0.3) is 0 Å². The quantitative estimate of drug-likeness (QED) is 0.826. The number of nitrogens with zero attached hydrogens (tertiary/aromatic N) is 1. The van der Waals surface area contributed by atoms with Crippen molar-refractivity contribution in [1.29, 1.82) is 0 Å². The number of rotatable bonds is 7. The van der Waals surface area contributed by atoms with Crippen molar-refractivity contribution in [3.8, 4) is 5.75 Å². The highest BCUT2D eigenvalue weighted by molar-refractivity contribution is 5.92. The van der Waals surface area contributed by atoms with Gasteiger partial charge in [0.2, 0.25) is 5.91 Å². The summed E-state index contributed by atoms with van der Waals surface area (Å²) in [6, 6.07) is 14.9. The highest BCUT2D eigenvalue weighted by atomic mass is 16.3. The molecule has 3 rings (SSSR count). The molecular formula is C19H22N2O2. The average Bonchev–Trinajstić information content (AvgIpc) is 3.31. The molecule has 0 bridgehead atoms. The fraction of sp³-hybridized carbons (Fsp3) is 0.316. The second kappa shape index (κ2) is 6.84. The third kappa shape index (κ3) is 4.57. The summed E-state index contributed by atoms with van der Waals surface area (Å²) in [4.78, 5) is 13.5. The summed E-state index contributed by atoms with van der Waals surface area (Å²) in [6.45, 7) is 2.70. The molecule has 0 spiro atoms. The maximum atomic E-state index is 11.1. The summed E-state index contributed by atoms with van der Waals surface area (Å²) in [5, 5.41) is 9.63. The van der Waals surface area contributed by atoms with Crippen LogP contribution in [0.2, 0.25) is 0 Å². The number of benzene rings is 2. The van der Waals surface area contributed by atoms with E-state index in [1.807, 2.05) is 30.3 Å². The van der Waals surface area contributed by atoms with Gasteiger partial charge in [-0.2, -0.15) is 0 Å². The predicted octanol–water partition coefficient (Wildman–Crippen LogP) is 2.90. The predicted molar refractivity (Wildman–Crippen MR) is 89.9 cm³/mol. The van der Waals surface area contributed by atoms with Gasteiger partial charge in [0, 0.05) is 25.2 Å². The van der Waals surface area contributed by atoms with E-state index in [1.54, 1.807) is 18.2 Å². The molecule has 1 saturated carbocycles. The van der Waals surface area contributed by atoms with Crippen LogP contribution in [-0.2, 0) is 13.1 Å². The number of nitrogens with two attached hydrogens (primary N) is 1. The molecule has 2 aromatic carbocycles. The molecule has 4 heteroatoms. The van der Waals surface area contributed by atoms with E-state index in [-0.39, 0.29) is 0 Å². The SMILES string of the molecule is NC(=O)c1ccc(CN(Cc2cccc(O)c2)CC2CC2)cc1. The van der Waals surface area contributed by atoms with Crippen LogP contribution in [0, 0.1) is 5.92 Å². The second-order valence-corrected chi connectivity index (χ2v) is 6.34. The van der Waals surface area contributed by atoms with Crippen LogP contribution < -0.4 is 5.73 Å². The maximum Gasteiger partial charge on any atom is 0.248 e. The smallest absolute Gasteiger partial charge is 0.248 e. The van der Waals surface area contributed by atoms with E-state index in [1.165, 1.54) is 12.8 Å². The Kier molecular flexibility index (Phi) is 4.63. The van der Waals surface area contributed by atoms with Crippen LogP contribution in [0.15, 0.2) is 48.5 Å². The number of primary amides is 1. The van der Waals surface area contributed by atoms with E-state index in [2.05, 4.69) is 4.90 Å². The van der Waals surface area contributed by atoms with Crippen molar-refractivity contribution in [2.45, 2.75) is 25.9 Å². The topological polar surface area (TPSA) is 66.6 Å². The van der Waals surface area contributed by atoms with Crippen molar-refractivity contribution >= 4 is 5.91 Å². The lowest BCUT2D eigenvalue weighted by Crippen LogP contribution is -2.25. The van der Waals surface area contributed by atoms with Crippen LogP contribution in [0.1, 0.15) is 34.3 Å². The normalized spacial score (nSPS) is 14.1. The Labute approximate surface area is 136 Å². The third-order valence-corrected chi connectivity index (χ3v) is 4.17. The Morgan fingerprint density at radius 2 is 1.78 bits per heavy atom. The van der Waals surface area contributed by atoms with Crippen LogP contribution in [-0.4, -0.2) is 22.5 Å². The Hall–Kier alpha value is -2.33. The molecule has 4 nitrogen and oxygen atoms in total. The average molecular weight is 310 g/mol. The molecule has 0 unspecified atom stereocenters. The minimum atomic E-state index is -0.397. The van der Waals surface area contributed by atoms with Crippen molar-refractivity contribution in [2.24, 2.45) is 11.7 Å². The van der Waals surface area contributed by atoms with Crippen molar-refractivity contribution < 1.29 is 9.90 Å². The summed E-state index contributed by atoms with van der Waals surface area (Å²) in [5.41, 5.74) is 8.09. The standard InChI is InChI=1S/C19H22N2O2/c20-19(23)17-8-6-15(7-9-17)12-21(11-14-4-5-14)13-16-2-1-3-18(22)10-16/h1-3,6-10,14,22H,4-5,11-13H2,(H2,20,23). The molecule has 2 aromatic rings. The lowest BCUT2D eigenvalue weighted by Gasteiger charge is -2.22. The zero-order valence-electron chi connectivity index (χ0n) is 13.1. The van der Waals surface area contributed by atoms with Crippen LogP contribution in [0.25, 0.3) is 0 Å². The molecule has 0 radical (unpaired) electrons. The lowest BCUT2D eigenvalue weighted by molar-refractivity contribution is 0.100. The first-order chi connectivity index (χ1) is 11.1. The Morgan fingerprint density at radius 1 is 1.09 bits per heavy atom. The molecule has 120 valence electrons. The first-order valence-electron chi connectivity index (χ1n) is 7.99. The fourth-order valence-corrected chi connectivity index (χ4v) is 2.80. The zero-order valence-corrected chi connectivity index (χ0v) is 13.1. The van der Waals surface area contributed by atoms with Gasteiger partial charge in [0.05, 0.1) is 0 Å². The molecule has 1 fully saturated rings. The van der Waals surface area contributed by atoms with Gasteiger partial charge in [0.1, 0.15) is 5.75 Å². The van der Waals surface area contributed by atoms with Crippen LogP contribution in [0.3, 0.4) is 0 Å². The highest BCUT2D eigenvalue weighted by Crippen LogP contribution is 2.31. The molecule has 0 heterocycles. The van der Waals surface area contributed by atoms with Crippen molar-refractivity contribution in [3.05, 3.63) is 65.2 Å². The molecule has 1 aliphatic rings. The summed E-state index contributed by atoms with van der Waals surface area (Å²) < 4.78 is 0. The number of phenolic OH excluding ortho intramolecular Hbond substituents is 1. The van der Waals surface area contributed by atoms with E-state index in [0.29, 0.717) is 11.3 Å². The largest absolute Gasteiger partial charge is 0.508 e. The summed E-state index contributed by atoms with van der Waals surface area (Å²) in [7, 11) is 0. The summed E-state index contributed by atoms with van der Waals surface area (Å²) in [5.74, 6) is 0.697. The maximum absolute atomic E-state index is 11.1. The molecule has 0 aromatic heterocycles. The summed E-state index contributed by atoms with van der Waals surface area (Å²) in [6.07, 6.45) is 2.61. The van der Waals surface area contributed by atoms with E-state index >= 15 is 0 Å². The van der Waals surface area contributed by atoms with E-state index < -0.39 is 5.91 Å². The number of carbonyl (C=O) groups excluding carboxylic acids is 1. The molecule has 1 aliphatic carbocycles. The molecule has 0 atom stereocenters. The van der Waals surface area contributed by atoms with Gasteiger partial charge in [-0.25, -0.2) is 0 Å². The first kappa shape index (κ1) is 15.6. The van der Waals surface area contributed by atoms with Gasteiger partial charge in [-0.05, 0) is 54.2 Å². The monoisotopic (exact) mass is 310 g/mol. The molecular weight excluding hydrogens is 288 g/mol. The molecule has 3 N–H and O–H groups in total. The van der Waals surface area contributed by atoms with E-state index in [9.17, 15) is 9.90 Å². The van der Waals surface area contributed by atoms with Gasteiger partial charge in [-0.3, -0.25) is 9.69 Å². The van der Waals surface area contributed by atoms with Gasteiger partial charge in [-0.15, -0.1) is 0 Å². The van der Waals surface area contributed by atoms with Crippen LogP contribution in [0.4, 0.5) is 0 Å². The summed E-state index contributed by atoms with van der Waals surface area (Å²) >= 11 is 0. The zero-order chi connectivity index (χ0) is 16.2. The molecule has 0 saturated heterocycles. The molecule has 0 aliphatic heterocycles. The van der Waals surface area contributed by atoms with Gasteiger partial charge in [-0.1, -0.05) is 24.3 Å². The number of hydrogen-bond donors (Lipinski definition) is 2. The van der Waals surface area contributed by atoms with Gasteiger partial charge in [0.15, 0.2) is 0 Å². The minimum absolute atomic E-state index is 0.305. The number of hydrogen-bond acceptors (Lipinski definition) is 3. The van der Waals surface area contributed by atoms with Crippen molar-refractivity contribution in [1.82, 2.24) is 4.90 Å². The van der Waals surface area contributed by atoms with Crippen molar-refractivity contribution in [3.63, 3.8) is 0 Å². The number of phenols is 1. The van der Waals surface area contributed by atoms with Gasteiger partial charge < -0.3 is 10.8 Å². The van der Waals surface area contributed by atoms with Crippen molar-refractivity contribution in [2.75, 3.05) is 6.54 Å². The number of aromatic hydroxyl groups is 1. The van der Waals surface area contributed by atoms with Crippen LogP contribution >= 0.6 is 0 Å². The number of carbonyl (C=O) groups is 1. The highest BCUT2D eigenvalue weighted by Gasteiger charge is 2.24. The Balaban J connectivity index is 1.69.